The Morgan fingerprint density at radius 2 is 1.55 bits per heavy atom. The molecule has 13 heteroatoms. The van der Waals surface area contributed by atoms with E-state index in [9.17, 15) is 24.0 Å². The molecule has 0 bridgehead atoms. The second kappa shape index (κ2) is 13.7. The number of rotatable bonds is 14. The zero-order valence-electron chi connectivity index (χ0n) is 16.2. The SMILES string of the molecule is CC(NC(=O)C(N)CS)C(=O)NC(CCCCN)C(=O)NC(CC(N)=O)C(=O)O. The van der Waals surface area contributed by atoms with Crippen LogP contribution in [0.4, 0.5) is 0 Å². The lowest BCUT2D eigenvalue weighted by Gasteiger charge is -2.23. The van der Waals surface area contributed by atoms with Crippen molar-refractivity contribution in [3.05, 3.63) is 0 Å². The molecule has 0 spiro atoms. The maximum Gasteiger partial charge on any atom is 0.326 e. The van der Waals surface area contributed by atoms with Crippen LogP contribution in [0.2, 0.25) is 0 Å². The summed E-state index contributed by atoms with van der Waals surface area (Å²) in [7, 11) is 0. The number of hydrogen-bond donors (Lipinski definition) is 8. The third-order valence-electron chi connectivity index (χ3n) is 3.89. The molecule has 166 valence electrons. The van der Waals surface area contributed by atoms with Crippen molar-refractivity contribution >= 4 is 42.2 Å². The van der Waals surface area contributed by atoms with Gasteiger partial charge in [0, 0.05) is 5.75 Å². The standard InChI is InChI=1S/C16H30N6O6S/c1-8(20-14(25)9(18)7-29)13(24)21-10(4-2-3-5-17)15(26)22-11(16(27)28)6-12(19)23/h8-11,29H,2-7,17-18H2,1H3,(H2,19,23)(H,20,25)(H,21,24)(H,22,26)(H,27,28). The molecule has 12 nitrogen and oxygen atoms in total. The average molecular weight is 435 g/mol. The summed E-state index contributed by atoms with van der Waals surface area (Å²) in [6.07, 6.45) is 0.632. The van der Waals surface area contributed by atoms with Gasteiger partial charge in [-0.15, -0.1) is 0 Å². The molecule has 0 heterocycles. The summed E-state index contributed by atoms with van der Waals surface area (Å²) in [6.45, 7) is 1.77. The van der Waals surface area contributed by atoms with E-state index in [1.165, 1.54) is 6.92 Å². The minimum absolute atomic E-state index is 0.0841. The molecule has 0 aliphatic carbocycles. The van der Waals surface area contributed by atoms with Crippen molar-refractivity contribution in [2.75, 3.05) is 12.3 Å². The fourth-order valence-electron chi connectivity index (χ4n) is 2.20. The Bertz CT molecular complexity index is 604. The maximum absolute atomic E-state index is 12.5. The van der Waals surface area contributed by atoms with Crippen LogP contribution in [0.1, 0.15) is 32.6 Å². The Morgan fingerprint density at radius 1 is 0.966 bits per heavy atom. The van der Waals surface area contributed by atoms with Gasteiger partial charge in [0.25, 0.3) is 0 Å². The number of carboxylic acids is 1. The number of carbonyl (C=O) groups excluding carboxylic acids is 4. The van der Waals surface area contributed by atoms with E-state index in [1.807, 2.05) is 0 Å². The third kappa shape index (κ3) is 10.7. The van der Waals surface area contributed by atoms with Gasteiger partial charge in [0.05, 0.1) is 12.5 Å². The van der Waals surface area contributed by atoms with Crippen molar-refractivity contribution in [3.63, 3.8) is 0 Å². The molecule has 4 amide bonds. The fourth-order valence-corrected chi connectivity index (χ4v) is 2.37. The van der Waals surface area contributed by atoms with Gasteiger partial charge < -0.3 is 38.3 Å². The first-order valence-corrected chi connectivity index (χ1v) is 9.65. The van der Waals surface area contributed by atoms with E-state index in [1.54, 1.807) is 0 Å². The van der Waals surface area contributed by atoms with Gasteiger partial charge in [0.1, 0.15) is 18.1 Å². The summed E-state index contributed by atoms with van der Waals surface area (Å²) in [5.41, 5.74) is 15.9. The summed E-state index contributed by atoms with van der Waals surface area (Å²) < 4.78 is 0. The Labute approximate surface area is 174 Å². The number of primary amides is 1. The Kier molecular flexibility index (Phi) is 12.6. The molecule has 29 heavy (non-hydrogen) atoms. The van der Waals surface area contributed by atoms with Crippen molar-refractivity contribution < 1.29 is 29.1 Å². The highest BCUT2D eigenvalue weighted by Crippen LogP contribution is 2.04. The second-order valence-corrected chi connectivity index (χ2v) is 6.80. The van der Waals surface area contributed by atoms with Crippen LogP contribution in [0, 0.1) is 0 Å². The maximum atomic E-state index is 12.5. The van der Waals surface area contributed by atoms with Crippen LogP contribution in [0.25, 0.3) is 0 Å². The van der Waals surface area contributed by atoms with Crippen molar-refractivity contribution in [1.29, 1.82) is 0 Å². The van der Waals surface area contributed by atoms with Crippen LogP contribution in [0.3, 0.4) is 0 Å². The molecule has 0 saturated heterocycles. The number of amides is 4. The first-order valence-electron chi connectivity index (χ1n) is 9.02. The molecule has 0 saturated carbocycles. The summed E-state index contributed by atoms with van der Waals surface area (Å²) in [6, 6.07) is -4.53. The monoisotopic (exact) mass is 434 g/mol. The van der Waals surface area contributed by atoms with Gasteiger partial charge in [0.15, 0.2) is 0 Å². The summed E-state index contributed by atoms with van der Waals surface area (Å²) in [5, 5.41) is 16.2. The number of nitrogens with one attached hydrogen (secondary N) is 3. The molecule has 0 aromatic heterocycles. The van der Waals surface area contributed by atoms with Crippen LogP contribution >= 0.6 is 12.6 Å². The molecule has 0 aliphatic rings. The normalized spacial score (nSPS) is 14.8. The highest BCUT2D eigenvalue weighted by atomic mass is 32.1. The zero-order valence-corrected chi connectivity index (χ0v) is 17.1. The quantitative estimate of drug-likeness (QED) is 0.102. The van der Waals surface area contributed by atoms with Crippen molar-refractivity contribution in [2.45, 2.75) is 56.8 Å². The number of nitrogens with two attached hydrogens (primary N) is 3. The van der Waals surface area contributed by atoms with Crippen molar-refractivity contribution in [2.24, 2.45) is 17.2 Å². The number of unbranched alkanes of at least 4 members (excludes halogenated alkanes) is 1. The number of aliphatic carboxylic acids is 1. The van der Waals surface area contributed by atoms with E-state index < -0.39 is 60.2 Å². The molecule has 0 aromatic rings. The first kappa shape index (κ1) is 26.6. The smallest absolute Gasteiger partial charge is 0.326 e. The van der Waals surface area contributed by atoms with E-state index in [0.717, 1.165) is 0 Å². The van der Waals surface area contributed by atoms with Crippen LogP contribution in [-0.4, -0.2) is 71.2 Å². The van der Waals surface area contributed by atoms with Crippen molar-refractivity contribution in [3.8, 4) is 0 Å². The Hall–Kier alpha value is -2.38. The van der Waals surface area contributed by atoms with Crippen LogP contribution < -0.4 is 33.2 Å². The zero-order chi connectivity index (χ0) is 22.6. The minimum atomic E-state index is -1.53. The lowest BCUT2D eigenvalue weighted by Crippen LogP contribution is -2.56. The number of carboxylic acid groups (broad SMARTS) is 1. The van der Waals surface area contributed by atoms with E-state index in [0.29, 0.717) is 19.4 Å². The molecule has 10 N–H and O–H groups in total. The predicted octanol–water partition coefficient (Wildman–Crippen LogP) is -3.19. The summed E-state index contributed by atoms with van der Waals surface area (Å²) in [5.74, 6) is -4.31. The van der Waals surface area contributed by atoms with Gasteiger partial charge in [0.2, 0.25) is 23.6 Å². The molecule has 4 atom stereocenters. The fraction of sp³-hybridized carbons (Fsp3) is 0.688. The molecular weight excluding hydrogens is 404 g/mol. The van der Waals surface area contributed by atoms with Crippen LogP contribution in [0.15, 0.2) is 0 Å². The summed E-state index contributed by atoms with van der Waals surface area (Å²) in [4.78, 5) is 58.8. The molecule has 0 aromatic carbocycles. The van der Waals surface area contributed by atoms with E-state index >= 15 is 0 Å². The third-order valence-corrected chi connectivity index (χ3v) is 4.28. The lowest BCUT2D eigenvalue weighted by atomic mass is 10.1. The van der Waals surface area contributed by atoms with Crippen LogP contribution in [0.5, 0.6) is 0 Å². The minimum Gasteiger partial charge on any atom is -0.480 e. The average Bonchev–Trinajstić information content (AvgIpc) is 2.65. The number of thiol groups is 1. The number of hydrogen-bond acceptors (Lipinski definition) is 8. The van der Waals surface area contributed by atoms with Crippen LogP contribution in [-0.2, 0) is 24.0 Å². The van der Waals surface area contributed by atoms with Gasteiger partial charge in [-0.3, -0.25) is 19.2 Å². The summed E-state index contributed by atoms with van der Waals surface area (Å²) >= 11 is 3.90. The van der Waals surface area contributed by atoms with Gasteiger partial charge >= 0.3 is 5.97 Å². The Morgan fingerprint density at radius 3 is 2.03 bits per heavy atom. The molecule has 0 radical (unpaired) electrons. The van der Waals surface area contributed by atoms with E-state index in [4.69, 9.17) is 22.3 Å². The van der Waals surface area contributed by atoms with E-state index in [-0.39, 0.29) is 12.2 Å². The molecule has 0 rings (SSSR count). The highest BCUT2D eigenvalue weighted by molar-refractivity contribution is 7.80. The molecule has 4 unspecified atom stereocenters. The highest BCUT2D eigenvalue weighted by Gasteiger charge is 2.29. The van der Waals surface area contributed by atoms with Gasteiger partial charge in [-0.25, -0.2) is 4.79 Å². The molecule has 0 fully saturated rings. The van der Waals surface area contributed by atoms with Gasteiger partial charge in [-0.1, -0.05) is 0 Å². The second-order valence-electron chi connectivity index (χ2n) is 6.43. The van der Waals surface area contributed by atoms with E-state index in [2.05, 4.69) is 28.6 Å². The van der Waals surface area contributed by atoms with Gasteiger partial charge in [-0.05, 0) is 32.7 Å². The van der Waals surface area contributed by atoms with Crippen molar-refractivity contribution in [1.82, 2.24) is 16.0 Å². The number of carbonyl (C=O) groups is 5. The molecular formula is C16H30N6O6S. The largest absolute Gasteiger partial charge is 0.480 e. The first-order chi connectivity index (χ1) is 13.5. The lowest BCUT2D eigenvalue weighted by molar-refractivity contribution is -0.143. The predicted molar refractivity (Wildman–Crippen MR) is 108 cm³/mol. The molecule has 0 aliphatic heterocycles. The van der Waals surface area contributed by atoms with Gasteiger partial charge in [-0.2, -0.15) is 12.6 Å². The topological polar surface area (TPSA) is 220 Å². The Balaban J connectivity index is 5.12.